The standard InChI is InChI=1S/C11H18FN5/c12-9-7-15-11(17-13)16-10(9)14-6-5-8-3-1-2-4-8/h7-8H,1-6,13H2,(H2,14,15,16,17). The number of nitrogens with one attached hydrogen (secondary N) is 2. The molecule has 94 valence electrons. The molecule has 2 rings (SSSR count). The lowest BCUT2D eigenvalue weighted by molar-refractivity contribution is 0.517. The maximum Gasteiger partial charge on any atom is 0.239 e. The summed E-state index contributed by atoms with van der Waals surface area (Å²) >= 11 is 0. The van der Waals surface area contributed by atoms with Crippen molar-refractivity contribution in [2.75, 3.05) is 17.3 Å². The van der Waals surface area contributed by atoms with Crippen LogP contribution < -0.4 is 16.6 Å². The molecule has 1 saturated carbocycles. The van der Waals surface area contributed by atoms with Crippen LogP contribution >= 0.6 is 0 Å². The number of hydrazine groups is 1. The van der Waals surface area contributed by atoms with Gasteiger partial charge in [-0.3, -0.25) is 5.43 Å². The van der Waals surface area contributed by atoms with Gasteiger partial charge in [-0.2, -0.15) is 4.98 Å². The molecule has 4 N–H and O–H groups in total. The number of hydrogen-bond acceptors (Lipinski definition) is 5. The van der Waals surface area contributed by atoms with Crippen LogP contribution in [0.5, 0.6) is 0 Å². The average molecular weight is 239 g/mol. The highest BCUT2D eigenvalue weighted by Gasteiger charge is 2.14. The number of rotatable bonds is 5. The molecule has 1 aromatic rings. The van der Waals surface area contributed by atoms with Gasteiger partial charge in [0.2, 0.25) is 5.95 Å². The average Bonchev–Trinajstić information content (AvgIpc) is 2.84. The smallest absolute Gasteiger partial charge is 0.239 e. The summed E-state index contributed by atoms with van der Waals surface area (Å²) in [6.45, 7) is 0.739. The molecule has 0 unspecified atom stereocenters. The van der Waals surface area contributed by atoms with Crippen LogP contribution in [0.3, 0.4) is 0 Å². The van der Waals surface area contributed by atoms with Gasteiger partial charge < -0.3 is 5.32 Å². The number of halogens is 1. The van der Waals surface area contributed by atoms with Gasteiger partial charge in [0, 0.05) is 6.54 Å². The van der Waals surface area contributed by atoms with Crippen LogP contribution in [0, 0.1) is 11.7 Å². The van der Waals surface area contributed by atoms with Crippen LogP contribution in [0.4, 0.5) is 16.2 Å². The monoisotopic (exact) mass is 239 g/mol. The second-order valence-corrected chi connectivity index (χ2v) is 4.40. The SMILES string of the molecule is NNc1ncc(F)c(NCCC2CCCC2)n1. The molecule has 0 amide bonds. The van der Waals surface area contributed by atoms with Gasteiger partial charge in [0.25, 0.3) is 0 Å². The van der Waals surface area contributed by atoms with Crippen molar-refractivity contribution in [3.63, 3.8) is 0 Å². The first kappa shape index (κ1) is 12.0. The van der Waals surface area contributed by atoms with Crippen molar-refractivity contribution >= 4 is 11.8 Å². The van der Waals surface area contributed by atoms with E-state index in [0.29, 0.717) is 0 Å². The summed E-state index contributed by atoms with van der Waals surface area (Å²) in [4.78, 5) is 7.60. The molecule has 1 aliphatic rings. The quantitative estimate of drug-likeness (QED) is 0.540. The van der Waals surface area contributed by atoms with E-state index in [2.05, 4.69) is 20.7 Å². The largest absolute Gasteiger partial charge is 0.367 e. The number of anilines is 2. The molecular weight excluding hydrogens is 221 g/mol. The van der Waals surface area contributed by atoms with Crippen molar-refractivity contribution in [1.29, 1.82) is 0 Å². The predicted molar refractivity (Wildman–Crippen MR) is 64.9 cm³/mol. The van der Waals surface area contributed by atoms with E-state index in [9.17, 15) is 4.39 Å². The summed E-state index contributed by atoms with van der Waals surface area (Å²) in [5, 5.41) is 2.99. The van der Waals surface area contributed by atoms with Crippen molar-refractivity contribution in [3.05, 3.63) is 12.0 Å². The van der Waals surface area contributed by atoms with Gasteiger partial charge in [-0.1, -0.05) is 25.7 Å². The van der Waals surface area contributed by atoms with Crippen LogP contribution in [0.2, 0.25) is 0 Å². The first-order valence-corrected chi connectivity index (χ1v) is 6.02. The highest BCUT2D eigenvalue weighted by Crippen LogP contribution is 2.27. The summed E-state index contributed by atoms with van der Waals surface area (Å²) in [6.07, 6.45) is 7.42. The minimum absolute atomic E-state index is 0.214. The van der Waals surface area contributed by atoms with E-state index in [1.165, 1.54) is 25.7 Å². The third-order valence-corrected chi connectivity index (χ3v) is 3.19. The highest BCUT2D eigenvalue weighted by molar-refractivity contribution is 5.40. The number of nitrogen functional groups attached to an aromatic ring is 1. The summed E-state index contributed by atoms with van der Waals surface area (Å²) in [5.41, 5.74) is 2.30. The van der Waals surface area contributed by atoms with E-state index in [0.717, 1.165) is 25.1 Å². The molecule has 0 bridgehead atoms. The normalized spacial score (nSPS) is 16.1. The topological polar surface area (TPSA) is 75.9 Å². The lowest BCUT2D eigenvalue weighted by Gasteiger charge is -2.11. The van der Waals surface area contributed by atoms with E-state index in [1.54, 1.807) is 0 Å². The molecule has 0 aromatic carbocycles. The number of hydrogen-bond donors (Lipinski definition) is 3. The zero-order valence-electron chi connectivity index (χ0n) is 9.75. The maximum atomic E-state index is 13.4. The molecule has 1 aliphatic carbocycles. The number of nitrogens with two attached hydrogens (primary N) is 1. The van der Waals surface area contributed by atoms with Gasteiger partial charge in [-0.25, -0.2) is 15.2 Å². The molecule has 0 aliphatic heterocycles. The first-order valence-electron chi connectivity index (χ1n) is 6.02. The summed E-state index contributed by atoms with van der Waals surface area (Å²) in [5.74, 6) is 5.93. The molecule has 1 aromatic heterocycles. The Morgan fingerprint density at radius 1 is 1.41 bits per heavy atom. The van der Waals surface area contributed by atoms with Crippen molar-refractivity contribution < 1.29 is 4.39 Å². The molecule has 1 heterocycles. The van der Waals surface area contributed by atoms with Crippen molar-refractivity contribution in [1.82, 2.24) is 9.97 Å². The molecule has 0 spiro atoms. The Balaban J connectivity index is 1.84. The lowest BCUT2D eigenvalue weighted by Crippen LogP contribution is -2.14. The summed E-state index contributed by atoms with van der Waals surface area (Å²) in [6, 6.07) is 0. The van der Waals surface area contributed by atoms with Gasteiger partial charge in [0.15, 0.2) is 11.6 Å². The minimum atomic E-state index is -0.449. The van der Waals surface area contributed by atoms with Crippen LogP contribution in [-0.2, 0) is 0 Å². The Morgan fingerprint density at radius 2 is 2.18 bits per heavy atom. The van der Waals surface area contributed by atoms with Gasteiger partial charge in [-0.05, 0) is 12.3 Å². The Bertz CT molecular complexity index is 365. The Kier molecular flexibility index (Phi) is 4.08. The first-order chi connectivity index (χ1) is 8.29. The zero-order chi connectivity index (χ0) is 12.1. The van der Waals surface area contributed by atoms with E-state index in [1.807, 2.05) is 0 Å². The van der Waals surface area contributed by atoms with Gasteiger partial charge in [0.05, 0.1) is 6.20 Å². The Labute approximate surface area is 100.0 Å². The van der Waals surface area contributed by atoms with E-state index >= 15 is 0 Å². The van der Waals surface area contributed by atoms with Crippen LogP contribution in [-0.4, -0.2) is 16.5 Å². The zero-order valence-corrected chi connectivity index (χ0v) is 9.75. The molecule has 17 heavy (non-hydrogen) atoms. The maximum absolute atomic E-state index is 13.4. The van der Waals surface area contributed by atoms with E-state index in [-0.39, 0.29) is 11.8 Å². The van der Waals surface area contributed by atoms with E-state index in [4.69, 9.17) is 5.84 Å². The fourth-order valence-electron chi connectivity index (χ4n) is 2.25. The van der Waals surface area contributed by atoms with Crippen molar-refractivity contribution in [3.8, 4) is 0 Å². The predicted octanol–water partition coefficient (Wildman–Crippen LogP) is 1.89. The second-order valence-electron chi connectivity index (χ2n) is 4.40. The van der Waals surface area contributed by atoms with Crippen LogP contribution in [0.15, 0.2) is 6.20 Å². The third-order valence-electron chi connectivity index (χ3n) is 3.19. The van der Waals surface area contributed by atoms with E-state index < -0.39 is 5.82 Å². The number of nitrogens with zero attached hydrogens (tertiary/aromatic N) is 2. The van der Waals surface area contributed by atoms with Crippen LogP contribution in [0.1, 0.15) is 32.1 Å². The molecule has 6 heteroatoms. The summed E-state index contributed by atoms with van der Waals surface area (Å²) < 4.78 is 13.4. The fraction of sp³-hybridized carbons (Fsp3) is 0.636. The molecular formula is C11H18FN5. The molecule has 0 saturated heterocycles. The molecule has 0 atom stereocenters. The Hall–Kier alpha value is -1.43. The molecule has 5 nitrogen and oxygen atoms in total. The molecule has 1 fully saturated rings. The minimum Gasteiger partial charge on any atom is -0.367 e. The Morgan fingerprint density at radius 3 is 2.88 bits per heavy atom. The van der Waals surface area contributed by atoms with Crippen molar-refractivity contribution in [2.45, 2.75) is 32.1 Å². The van der Waals surface area contributed by atoms with Gasteiger partial charge >= 0.3 is 0 Å². The second kappa shape index (κ2) is 5.77. The highest BCUT2D eigenvalue weighted by atomic mass is 19.1. The third kappa shape index (κ3) is 3.26. The lowest BCUT2D eigenvalue weighted by atomic mass is 10.0. The molecule has 0 radical (unpaired) electrons. The van der Waals surface area contributed by atoms with Gasteiger partial charge in [0.1, 0.15) is 0 Å². The van der Waals surface area contributed by atoms with Gasteiger partial charge in [-0.15, -0.1) is 0 Å². The van der Waals surface area contributed by atoms with Crippen LogP contribution in [0.25, 0.3) is 0 Å². The fourth-order valence-corrected chi connectivity index (χ4v) is 2.25. The number of aromatic nitrogens is 2. The van der Waals surface area contributed by atoms with Crippen molar-refractivity contribution in [2.24, 2.45) is 11.8 Å². The summed E-state index contributed by atoms with van der Waals surface area (Å²) in [7, 11) is 0.